The highest BCUT2D eigenvalue weighted by Crippen LogP contribution is 2.19. The summed E-state index contributed by atoms with van der Waals surface area (Å²) >= 11 is 0. The van der Waals surface area contributed by atoms with Crippen LogP contribution in [0.15, 0.2) is 30.5 Å². The van der Waals surface area contributed by atoms with Gasteiger partial charge in [-0.3, -0.25) is 0 Å². The van der Waals surface area contributed by atoms with Crippen molar-refractivity contribution in [3.8, 4) is 11.3 Å². The average Bonchev–Trinajstić information content (AvgIpc) is 2.64. The quantitative estimate of drug-likeness (QED) is 0.821. The van der Waals surface area contributed by atoms with E-state index in [0.29, 0.717) is 5.95 Å². The zero-order chi connectivity index (χ0) is 11.5. The number of nitrogen functional groups attached to an aromatic ring is 1. The van der Waals surface area contributed by atoms with E-state index in [1.165, 1.54) is 5.56 Å². The summed E-state index contributed by atoms with van der Waals surface area (Å²) in [7, 11) is 4.11. The first-order chi connectivity index (χ1) is 7.65. The lowest BCUT2D eigenvalue weighted by Gasteiger charge is -2.10. The number of aromatic amines is 1. The number of hydrogen-bond donors (Lipinski definition) is 2. The number of nitrogens with zero attached hydrogens (tertiary/aromatic N) is 2. The lowest BCUT2D eigenvalue weighted by atomic mass is 10.1. The predicted molar refractivity (Wildman–Crippen MR) is 65.8 cm³/mol. The molecule has 0 saturated heterocycles. The maximum absolute atomic E-state index is 5.56. The van der Waals surface area contributed by atoms with Crippen LogP contribution in [0.1, 0.15) is 5.56 Å². The smallest absolute Gasteiger partial charge is 0.197 e. The Labute approximate surface area is 95.1 Å². The van der Waals surface area contributed by atoms with Crippen molar-refractivity contribution in [2.45, 2.75) is 6.54 Å². The molecule has 4 nitrogen and oxygen atoms in total. The maximum atomic E-state index is 5.56. The third-order valence-electron chi connectivity index (χ3n) is 2.33. The monoisotopic (exact) mass is 216 g/mol. The van der Waals surface area contributed by atoms with Crippen LogP contribution in [0.2, 0.25) is 0 Å². The third kappa shape index (κ3) is 2.41. The zero-order valence-corrected chi connectivity index (χ0v) is 9.57. The lowest BCUT2D eigenvalue weighted by Crippen LogP contribution is -2.10. The fraction of sp³-hybridized carbons (Fsp3) is 0.250. The van der Waals surface area contributed by atoms with E-state index in [2.05, 4.69) is 41.1 Å². The van der Waals surface area contributed by atoms with Gasteiger partial charge in [0, 0.05) is 6.54 Å². The van der Waals surface area contributed by atoms with Gasteiger partial charge in [-0.1, -0.05) is 18.2 Å². The van der Waals surface area contributed by atoms with Crippen LogP contribution >= 0.6 is 0 Å². The molecule has 0 aliphatic rings. The number of rotatable bonds is 3. The molecule has 0 unspecified atom stereocenters. The molecule has 0 aliphatic heterocycles. The Hall–Kier alpha value is -1.81. The van der Waals surface area contributed by atoms with E-state index in [4.69, 9.17) is 5.73 Å². The van der Waals surface area contributed by atoms with Crippen LogP contribution in [0.3, 0.4) is 0 Å². The van der Waals surface area contributed by atoms with Gasteiger partial charge in [0.1, 0.15) is 0 Å². The highest BCUT2D eigenvalue weighted by atomic mass is 15.0. The predicted octanol–water partition coefficient (Wildman–Crippen LogP) is 1.72. The van der Waals surface area contributed by atoms with E-state index < -0.39 is 0 Å². The second kappa shape index (κ2) is 4.37. The number of anilines is 1. The molecule has 0 aliphatic carbocycles. The van der Waals surface area contributed by atoms with Gasteiger partial charge in [-0.2, -0.15) is 0 Å². The van der Waals surface area contributed by atoms with Gasteiger partial charge >= 0.3 is 0 Å². The van der Waals surface area contributed by atoms with Gasteiger partial charge in [0.2, 0.25) is 0 Å². The summed E-state index contributed by atoms with van der Waals surface area (Å²) in [5.74, 6) is 0.452. The van der Waals surface area contributed by atoms with Crippen molar-refractivity contribution < 1.29 is 0 Å². The molecule has 16 heavy (non-hydrogen) atoms. The van der Waals surface area contributed by atoms with Gasteiger partial charge in [0.25, 0.3) is 0 Å². The Balaban J connectivity index is 2.28. The molecule has 4 heteroatoms. The Morgan fingerprint density at radius 2 is 2.19 bits per heavy atom. The number of H-pyrrole nitrogens is 1. The molecule has 1 heterocycles. The number of nitrogens with one attached hydrogen (secondary N) is 1. The van der Waals surface area contributed by atoms with E-state index in [-0.39, 0.29) is 0 Å². The van der Waals surface area contributed by atoms with Crippen LogP contribution in [0.25, 0.3) is 11.3 Å². The minimum absolute atomic E-state index is 0.452. The molecule has 0 spiro atoms. The number of hydrogen-bond acceptors (Lipinski definition) is 3. The summed E-state index contributed by atoms with van der Waals surface area (Å²) in [6.45, 7) is 0.928. The Kier molecular flexibility index (Phi) is 2.92. The standard InChI is InChI=1S/C12H16N4/c1-16(2)8-9-4-3-5-10(6-9)11-7-14-12(13)15-11/h3-7H,8H2,1-2H3,(H3,13,14,15). The van der Waals surface area contributed by atoms with Crippen LogP contribution in [0, 0.1) is 0 Å². The molecule has 84 valence electrons. The van der Waals surface area contributed by atoms with Crippen molar-refractivity contribution in [3.05, 3.63) is 36.0 Å². The summed E-state index contributed by atoms with van der Waals surface area (Å²) in [5, 5.41) is 0. The van der Waals surface area contributed by atoms with E-state index in [1.54, 1.807) is 6.20 Å². The van der Waals surface area contributed by atoms with Crippen LogP contribution < -0.4 is 5.73 Å². The van der Waals surface area contributed by atoms with Crippen molar-refractivity contribution in [2.75, 3.05) is 19.8 Å². The first-order valence-corrected chi connectivity index (χ1v) is 5.19. The van der Waals surface area contributed by atoms with E-state index in [1.807, 2.05) is 12.1 Å². The highest BCUT2D eigenvalue weighted by molar-refractivity contribution is 5.60. The van der Waals surface area contributed by atoms with Crippen molar-refractivity contribution in [3.63, 3.8) is 0 Å². The third-order valence-corrected chi connectivity index (χ3v) is 2.33. The fourth-order valence-corrected chi connectivity index (χ4v) is 1.69. The maximum Gasteiger partial charge on any atom is 0.197 e. The minimum Gasteiger partial charge on any atom is -0.369 e. The normalized spacial score (nSPS) is 10.9. The fourth-order valence-electron chi connectivity index (χ4n) is 1.69. The minimum atomic E-state index is 0.452. The van der Waals surface area contributed by atoms with Crippen LogP contribution in [-0.2, 0) is 6.54 Å². The van der Waals surface area contributed by atoms with E-state index in [9.17, 15) is 0 Å². The summed E-state index contributed by atoms with van der Waals surface area (Å²) in [6.07, 6.45) is 1.75. The zero-order valence-electron chi connectivity index (χ0n) is 9.57. The summed E-state index contributed by atoms with van der Waals surface area (Å²) < 4.78 is 0. The van der Waals surface area contributed by atoms with Gasteiger partial charge < -0.3 is 15.6 Å². The largest absolute Gasteiger partial charge is 0.369 e. The summed E-state index contributed by atoms with van der Waals surface area (Å²) in [5.41, 5.74) is 8.90. The number of imidazole rings is 1. The number of aromatic nitrogens is 2. The van der Waals surface area contributed by atoms with Gasteiger partial charge in [0.05, 0.1) is 11.9 Å². The molecule has 3 N–H and O–H groups in total. The van der Waals surface area contributed by atoms with Crippen LogP contribution in [0.5, 0.6) is 0 Å². The molecule has 2 aromatic rings. The van der Waals surface area contributed by atoms with E-state index in [0.717, 1.165) is 17.8 Å². The van der Waals surface area contributed by atoms with E-state index >= 15 is 0 Å². The molecular formula is C12H16N4. The van der Waals surface area contributed by atoms with Crippen LogP contribution in [-0.4, -0.2) is 29.0 Å². The SMILES string of the molecule is CN(C)Cc1cccc(-c2cnc(N)[nH]2)c1. The number of benzene rings is 1. The second-order valence-electron chi connectivity index (χ2n) is 4.12. The molecule has 1 aromatic carbocycles. The second-order valence-corrected chi connectivity index (χ2v) is 4.12. The molecule has 0 bridgehead atoms. The topological polar surface area (TPSA) is 57.9 Å². The van der Waals surface area contributed by atoms with Gasteiger partial charge in [-0.15, -0.1) is 0 Å². The van der Waals surface area contributed by atoms with Crippen molar-refractivity contribution >= 4 is 5.95 Å². The first-order valence-electron chi connectivity index (χ1n) is 5.19. The Morgan fingerprint density at radius 3 is 2.81 bits per heavy atom. The van der Waals surface area contributed by atoms with Gasteiger partial charge in [0.15, 0.2) is 5.95 Å². The molecule has 0 fully saturated rings. The van der Waals surface area contributed by atoms with Crippen molar-refractivity contribution in [1.82, 2.24) is 14.9 Å². The molecule has 1 aromatic heterocycles. The highest BCUT2D eigenvalue weighted by Gasteiger charge is 2.02. The van der Waals surface area contributed by atoms with Crippen molar-refractivity contribution in [2.24, 2.45) is 0 Å². The Bertz CT molecular complexity index is 473. The van der Waals surface area contributed by atoms with Crippen LogP contribution in [0.4, 0.5) is 5.95 Å². The molecule has 0 saturated carbocycles. The van der Waals surface area contributed by atoms with Gasteiger partial charge in [-0.25, -0.2) is 4.98 Å². The van der Waals surface area contributed by atoms with Gasteiger partial charge in [-0.05, 0) is 31.3 Å². The molecule has 0 amide bonds. The average molecular weight is 216 g/mol. The molecule has 0 atom stereocenters. The summed E-state index contributed by atoms with van der Waals surface area (Å²) in [4.78, 5) is 9.16. The first kappa shape index (κ1) is 10.7. The molecule has 0 radical (unpaired) electrons. The number of nitrogens with two attached hydrogens (primary N) is 1. The van der Waals surface area contributed by atoms with Crippen molar-refractivity contribution in [1.29, 1.82) is 0 Å². The summed E-state index contributed by atoms with van der Waals surface area (Å²) in [6, 6.07) is 8.35. The lowest BCUT2D eigenvalue weighted by molar-refractivity contribution is 0.402. The molecular weight excluding hydrogens is 200 g/mol. The molecule has 2 rings (SSSR count). The Morgan fingerprint density at radius 1 is 1.38 bits per heavy atom.